The molecule has 7 rings (SSSR count). The van der Waals surface area contributed by atoms with Crippen molar-refractivity contribution in [3.05, 3.63) is 163 Å². The summed E-state index contributed by atoms with van der Waals surface area (Å²) in [4.78, 5) is 2.56. The Morgan fingerprint density at radius 3 is 1.55 bits per heavy atom. The highest BCUT2D eigenvalue weighted by atomic mass is 32.2. The minimum absolute atomic E-state index is 0.810. The molecule has 0 unspecified atom stereocenters. The first-order valence-electron chi connectivity index (χ1n) is 14.4. The molecule has 2 heteroatoms. The fraction of sp³-hybridized carbons (Fsp3) is 0.0500. The van der Waals surface area contributed by atoms with E-state index in [1.165, 1.54) is 69.5 Å². The zero-order chi connectivity index (χ0) is 28.5. The van der Waals surface area contributed by atoms with E-state index in [9.17, 15) is 0 Å². The minimum atomic E-state index is -0.810. The number of aryl methyl sites for hydroxylation is 2. The van der Waals surface area contributed by atoms with Crippen molar-refractivity contribution in [1.29, 1.82) is 0 Å². The molecule has 202 valence electrons. The molecule has 0 spiro atoms. The Labute approximate surface area is 253 Å². The van der Waals surface area contributed by atoms with E-state index in [4.69, 9.17) is 0 Å². The number of benzene rings is 7. The first-order chi connectivity index (χ1) is 20.7. The maximum Gasteiger partial charge on any atom is 0.0207 e. The Balaban J connectivity index is 1.58. The average molecular weight is 575 g/mol. The van der Waals surface area contributed by atoms with Crippen molar-refractivity contribution >= 4 is 57.1 Å². The van der Waals surface area contributed by atoms with Crippen molar-refractivity contribution in [2.75, 3.05) is 0 Å². The first kappa shape index (κ1) is 26.7. The van der Waals surface area contributed by atoms with Gasteiger partial charge in [-0.1, -0.05) is 145 Å². The second kappa shape index (κ2) is 11.6. The zero-order valence-corrected chi connectivity index (χ0v) is 25.5. The van der Waals surface area contributed by atoms with E-state index in [1.54, 1.807) is 0 Å². The van der Waals surface area contributed by atoms with Crippen LogP contribution in [0.5, 0.6) is 0 Å². The summed E-state index contributed by atoms with van der Waals surface area (Å²) in [5, 5.41) is 9.23. The third kappa shape index (κ3) is 5.16. The molecule has 0 fully saturated rings. The SMILES string of the molecule is Cc1cc(C)cc(Sc2ccc3ccccc3c2-c2c(P(c3ccccc3)c3ccccc3)ccc3ccccc23)c1. The third-order valence-electron chi connectivity index (χ3n) is 7.74. The van der Waals surface area contributed by atoms with Gasteiger partial charge in [-0.25, -0.2) is 0 Å². The quantitative estimate of drug-likeness (QED) is 0.178. The predicted octanol–water partition coefficient (Wildman–Crippen LogP) is 10.2. The van der Waals surface area contributed by atoms with Gasteiger partial charge < -0.3 is 0 Å². The van der Waals surface area contributed by atoms with E-state index in [2.05, 4.69) is 166 Å². The highest BCUT2D eigenvalue weighted by molar-refractivity contribution is 7.99. The van der Waals surface area contributed by atoms with Crippen LogP contribution in [0.25, 0.3) is 32.7 Å². The number of hydrogen-bond donors (Lipinski definition) is 0. The molecule has 0 radical (unpaired) electrons. The van der Waals surface area contributed by atoms with Crippen LogP contribution in [0.15, 0.2) is 161 Å². The van der Waals surface area contributed by atoms with Crippen molar-refractivity contribution < 1.29 is 0 Å². The van der Waals surface area contributed by atoms with Gasteiger partial charge in [0.2, 0.25) is 0 Å². The summed E-state index contributed by atoms with van der Waals surface area (Å²) in [6.07, 6.45) is 0. The van der Waals surface area contributed by atoms with Crippen molar-refractivity contribution in [1.82, 2.24) is 0 Å². The smallest absolute Gasteiger partial charge is 0.0207 e. The summed E-state index contributed by atoms with van der Waals surface area (Å²) in [5.74, 6) is 0. The Morgan fingerprint density at radius 1 is 0.452 bits per heavy atom. The molecule has 0 aliphatic heterocycles. The number of rotatable bonds is 6. The first-order valence-corrected chi connectivity index (χ1v) is 16.5. The van der Waals surface area contributed by atoms with Gasteiger partial charge in [-0.3, -0.25) is 0 Å². The van der Waals surface area contributed by atoms with Crippen LogP contribution < -0.4 is 15.9 Å². The highest BCUT2D eigenvalue weighted by Crippen LogP contribution is 2.46. The molecular formula is C40H31PS. The maximum atomic E-state index is 2.40. The van der Waals surface area contributed by atoms with E-state index in [0.717, 1.165) is 0 Å². The largest absolute Gasteiger partial charge is 0.0894 e. The Bertz CT molecular complexity index is 1970. The molecule has 0 aliphatic carbocycles. The van der Waals surface area contributed by atoms with Crippen molar-refractivity contribution in [3.63, 3.8) is 0 Å². The Kier molecular flexibility index (Phi) is 7.39. The zero-order valence-electron chi connectivity index (χ0n) is 23.8. The van der Waals surface area contributed by atoms with Crippen LogP contribution in [0, 0.1) is 13.8 Å². The van der Waals surface area contributed by atoms with Crippen LogP contribution in [0.2, 0.25) is 0 Å². The van der Waals surface area contributed by atoms with Gasteiger partial charge in [0.25, 0.3) is 0 Å². The average Bonchev–Trinajstić information content (AvgIpc) is 3.02. The summed E-state index contributed by atoms with van der Waals surface area (Å²) < 4.78 is 0. The van der Waals surface area contributed by atoms with Crippen molar-refractivity contribution in [3.8, 4) is 11.1 Å². The monoisotopic (exact) mass is 574 g/mol. The van der Waals surface area contributed by atoms with E-state index < -0.39 is 7.92 Å². The molecular weight excluding hydrogens is 543 g/mol. The van der Waals surface area contributed by atoms with Gasteiger partial charge in [0.05, 0.1) is 0 Å². The van der Waals surface area contributed by atoms with Gasteiger partial charge in [0, 0.05) is 15.4 Å². The molecule has 0 heterocycles. The molecule has 42 heavy (non-hydrogen) atoms. The van der Waals surface area contributed by atoms with Crippen LogP contribution in [-0.2, 0) is 0 Å². The predicted molar refractivity (Wildman–Crippen MR) is 186 cm³/mol. The normalized spacial score (nSPS) is 11.4. The topological polar surface area (TPSA) is 0 Å². The Morgan fingerprint density at radius 2 is 0.952 bits per heavy atom. The van der Waals surface area contributed by atoms with Crippen molar-refractivity contribution in [2.45, 2.75) is 23.6 Å². The van der Waals surface area contributed by atoms with E-state index >= 15 is 0 Å². The van der Waals surface area contributed by atoms with Gasteiger partial charge >= 0.3 is 0 Å². The van der Waals surface area contributed by atoms with Gasteiger partial charge in [-0.2, -0.15) is 0 Å². The lowest BCUT2D eigenvalue weighted by molar-refractivity contribution is 1.29. The summed E-state index contributed by atoms with van der Waals surface area (Å²) in [5.41, 5.74) is 5.25. The molecule has 0 aromatic heterocycles. The van der Waals surface area contributed by atoms with Crippen molar-refractivity contribution in [2.24, 2.45) is 0 Å². The second-order valence-corrected chi connectivity index (χ2v) is 14.1. The Hall–Kier alpha value is -4.16. The molecule has 0 saturated heterocycles. The van der Waals surface area contributed by atoms with Gasteiger partial charge in [-0.15, -0.1) is 0 Å². The van der Waals surface area contributed by atoms with Gasteiger partial charge in [-0.05, 0) is 94.1 Å². The fourth-order valence-corrected chi connectivity index (χ4v) is 9.67. The summed E-state index contributed by atoms with van der Waals surface area (Å²) in [6.45, 7) is 4.38. The molecule has 0 N–H and O–H groups in total. The maximum absolute atomic E-state index is 2.40. The molecule has 7 aromatic carbocycles. The molecule has 0 amide bonds. The summed E-state index contributed by atoms with van der Waals surface area (Å²) in [7, 11) is -0.810. The van der Waals surface area contributed by atoms with Gasteiger partial charge in [0.1, 0.15) is 0 Å². The van der Waals surface area contributed by atoms with Crippen LogP contribution in [-0.4, -0.2) is 0 Å². The summed E-state index contributed by atoms with van der Waals surface area (Å²) >= 11 is 1.88. The van der Waals surface area contributed by atoms with Gasteiger partial charge in [0.15, 0.2) is 0 Å². The van der Waals surface area contributed by atoms with Crippen LogP contribution >= 0.6 is 19.7 Å². The van der Waals surface area contributed by atoms with Crippen LogP contribution in [0.1, 0.15) is 11.1 Å². The third-order valence-corrected chi connectivity index (χ3v) is 11.3. The molecule has 7 aromatic rings. The highest BCUT2D eigenvalue weighted by Gasteiger charge is 2.24. The van der Waals surface area contributed by atoms with Crippen LogP contribution in [0.3, 0.4) is 0 Å². The summed E-state index contributed by atoms with van der Waals surface area (Å²) in [6, 6.07) is 56.1. The molecule has 0 nitrogen and oxygen atoms in total. The number of fused-ring (bicyclic) bond motifs is 2. The molecule has 0 aliphatic rings. The lowest BCUT2D eigenvalue weighted by Crippen LogP contribution is -2.22. The minimum Gasteiger partial charge on any atom is -0.0894 e. The lowest BCUT2D eigenvalue weighted by atomic mass is 9.94. The van der Waals surface area contributed by atoms with E-state index in [0.29, 0.717) is 0 Å². The molecule has 0 atom stereocenters. The lowest BCUT2D eigenvalue weighted by Gasteiger charge is -2.25. The van der Waals surface area contributed by atoms with E-state index in [1.807, 2.05) is 11.8 Å². The molecule has 0 saturated carbocycles. The van der Waals surface area contributed by atoms with E-state index in [-0.39, 0.29) is 0 Å². The standard InChI is InChI=1S/C40H31PS/c1-28-25-29(2)27-34(26-28)42-38-24-22-31-14-10-12-20-36(31)40(38)39-35-19-11-9-13-30(35)21-23-37(39)41(32-15-5-3-6-16-32)33-17-7-4-8-18-33/h3-27H,1-2H3. The van der Waals surface area contributed by atoms with Crippen LogP contribution in [0.4, 0.5) is 0 Å². The fourth-order valence-electron chi connectivity index (χ4n) is 6.00. The second-order valence-electron chi connectivity index (χ2n) is 10.8. The number of hydrogen-bond acceptors (Lipinski definition) is 1. The molecule has 0 bridgehead atoms.